The van der Waals surface area contributed by atoms with Gasteiger partial charge in [0.2, 0.25) is 5.91 Å². The molecule has 3 aromatic carbocycles. The van der Waals surface area contributed by atoms with Crippen molar-refractivity contribution in [1.82, 2.24) is 0 Å². The van der Waals surface area contributed by atoms with Gasteiger partial charge in [-0.1, -0.05) is 30.3 Å². The van der Waals surface area contributed by atoms with Crippen LogP contribution in [0.4, 0.5) is 30.2 Å². The number of rotatable bonds is 4. The van der Waals surface area contributed by atoms with Crippen molar-refractivity contribution in [3.63, 3.8) is 0 Å². The lowest BCUT2D eigenvalue weighted by molar-refractivity contribution is -0.138. The Kier molecular flexibility index (Phi) is 6.17. The van der Waals surface area contributed by atoms with Crippen LogP contribution in [0.1, 0.15) is 35.1 Å². The van der Waals surface area contributed by atoms with E-state index in [2.05, 4.69) is 4.99 Å². The summed E-state index contributed by atoms with van der Waals surface area (Å²) in [5, 5.41) is 7.44. The minimum absolute atomic E-state index is 0.000190. The van der Waals surface area contributed by atoms with Gasteiger partial charge in [0.15, 0.2) is 5.41 Å². The maximum absolute atomic E-state index is 14.5. The molecule has 0 saturated heterocycles. The van der Waals surface area contributed by atoms with Crippen LogP contribution in [0.25, 0.3) is 0 Å². The highest BCUT2D eigenvalue weighted by atomic mass is 19.4. The Balaban J connectivity index is 1.74. The number of benzene rings is 3. The fraction of sp³-hybridized carbons (Fsp3) is 0.241. The van der Waals surface area contributed by atoms with Crippen molar-refractivity contribution >= 4 is 40.8 Å². The van der Waals surface area contributed by atoms with Crippen molar-refractivity contribution in [1.29, 1.82) is 5.41 Å². The summed E-state index contributed by atoms with van der Waals surface area (Å²) in [4.78, 5) is 35.5. The molecule has 1 heterocycles. The molecule has 0 radical (unpaired) electrons. The molecule has 0 saturated carbocycles. The van der Waals surface area contributed by atoms with E-state index in [0.717, 1.165) is 23.3 Å². The van der Waals surface area contributed by atoms with Crippen LogP contribution in [0.3, 0.4) is 0 Å². The zero-order chi connectivity index (χ0) is 27.2. The highest BCUT2D eigenvalue weighted by Crippen LogP contribution is 2.50. The Morgan fingerprint density at radius 1 is 1.03 bits per heavy atom. The van der Waals surface area contributed by atoms with Crippen molar-refractivity contribution in [2.75, 3.05) is 23.9 Å². The summed E-state index contributed by atoms with van der Waals surface area (Å²) < 4.78 is 41.2. The van der Waals surface area contributed by atoms with Gasteiger partial charge in [0.05, 0.1) is 16.9 Å². The molecule has 1 N–H and O–H groups in total. The summed E-state index contributed by atoms with van der Waals surface area (Å²) in [6, 6.07) is 17.0. The van der Waals surface area contributed by atoms with Crippen LogP contribution in [-0.2, 0) is 27.6 Å². The minimum Gasteiger partial charge on any atom is -0.313 e. The maximum atomic E-state index is 14.5. The Labute approximate surface area is 217 Å². The normalized spacial score (nSPS) is 19.4. The van der Waals surface area contributed by atoms with E-state index in [-0.39, 0.29) is 17.8 Å². The Morgan fingerprint density at radius 2 is 1.76 bits per heavy atom. The predicted molar refractivity (Wildman–Crippen MR) is 141 cm³/mol. The number of nitrogens with zero attached hydrogens (tertiary/aromatic N) is 3. The van der Waals surface area contributed by atoms with Gasteiger partial charge in [0, 0.05) is 38.1 Å². The molecule has 1 spiro atoms. The minimum atomic E-state index is -4.63. The van der Waals surface area contributed by atoms with E-state index in [1.165, 1.54) is 29.1 Å². The number of para-hydroxylation sites is 1. The summed E-state index contributed by atoms with van der Waals surface area (Å²) >= 11 is 0. The third-order valence-electron chi connectivity index (χ3n) is 7.39. The predicted octanol–water partition coefficient (Wildman–Crippen LogP) is 5.69. The summed E-state index contributed by atoms with van der Waals surface area (Å²) in [6.07, 6.45) is -2.41. The summed E-state index contributed by atoms with van der Waals surface area (Å²) in [7, 11) is 3.14. The number of aryl methyl sites for hydroxylation is 1. The molecule has 194 valence electrons. The number of aliphatic imine (C=N–C) groups is 1. The summed E-state index contributed by atoms with van der Waals surface area (Å²) in [5.41, 5.74) is 0.920. The third kappa shape index (κ3) is 3.81. The number of amides is 2. The average molecular weight is 519 g/mol. The molecule has 0 bridgehead atoms. The lowest BCUT2D eigenvalue weighted by Crippen LogP contribution is -2.52. The smallest absolute Gasteiger partial charge is 0.313 e. The second-order valence-corrected chi connectivity index (χ2v) is 9.40. The van der Waals surface area contributed by atoms with E-state index in [4.69, 9.17) is 5.41 Å². The second-order valence-electron chi connectivity index (χ2n) is 9.40. The number of hydrogen-bond donors (Lipinski definition) is 1. The lowest BCUT2D eigenvalue weighted by atomic mass is 9.78. The molecule has 0 fully saturated rings. The highest BCUT2D eigenvalue weighted by molar-refractivity contribution is 6.27. The average Bonchev–Trinajstić information content (AvgIpc) is 3.28. The zero-order valence-corrected chi connectivity index (χ0v) is 20.8. The lowest BCUT2D eigenvalue weighted by Gasteiger charge is -2.32. The number of carbonyl (C=O) groups is 2. The number of likely N-dealkylation sites (N-methyl/N-ethyl adjacent to an activating group) is 1. The van der Waals surface area contributed by atoms with Crippen LogP contribution < -0.4 is 9.80 Å². The fourth-order valence-electron chi connectivity index (χ4n) is 5.52. The van der Waals surface area contributed by atoms with Crippen LogP contribution in [0.15, 0.2) is 71.7 Å². The SMILES string of the molecule is CN=C(CC=N)c1ccc2c(c1)CCC21C(=O)N(C)c2ccc(C(F)(F)F)cc2N(c2ccccc2)C1=O. The molecule has 3 aromatic rings. The van der Waals surface area contributed by atoms with E-state index in [0.29, 0.717) is 29.8 Å². The Morgan fingerprint density at radius 3 is 2.42 bits per heavy atom. The summed E-state index contributed by atoms with van der Waals surface area (Å²) in [6.45, 7) is 0. The quantitative estimate of drug-likeness (QED) is 0.356. The first-order valence-corrected chi connectivity index (χ1v) is 12.1. The first-order valence-electron chi connectivity index (χ1n) is 12.1. The molecule has 2 amide bonds. The monoisotopic (exact) mass is 518 g/mol. The number of hydrogen-bond acceptors (Lipinski definition) is 4. The molecule has 2 aliphatic rings. The van der Waals surface area contributed by atoms with Crippen molar-refractivity contribution in [2.45, 2.75) is 30.9 Å². The topological polar surface area (TPSA) is 76.8 Å². The van der Waals surface area contributed by atoms with Crippen molar-refractivity contribution < 1.29 is 22.8 Å². The first-order chi connectivity index (χ1) is 18.1. The van der Waals surface area contributed by atoms with Gasteiger partial charge >= 0.3 is 6.18 Å². The molecular weight excluding hydrogens is 493 g/mol. The molecule has 1 aliphatic heterocycles. The van der Waals surface area contributed by atoms with E-state index >= 15 is 0 Å². The second kappa shape index (κ2) is 9.24. The van der Waals surface area contributed by atoms with Gasteiger partial charge in [-0.25, -0.2) is 0 Å². The number of anilines is 3. The number of halogens is 3. The maximum Gasteiger partial charge on any atom is 0.416 e. The van der Waals surface area contributed by atoms with E-state index < -0.39 is 29.0 Å². The molecule has 6 nitrogen and oxygen atoms in total. The molecule has 1 unspecified atom stereocenters. The van der Waals surface area contributed by atoms with Crippen molar-refractivity contribution in [3.05, 3.63) is 89.0 Å². The van der Waals surface area contributed by atoms with E-state index in [1.54, 1.807) is 49.5 Å². The van der Waals surface area contributed by atoms with Gasteiger partial charge in [-0.2, -0.15) is 13.2 Å². The molecule has 9 heteroatoms. The van der Waals surface area contributed by atoms with Gasteiger partial charge in [-0.15, -0.1) is 0 Å². The highest BCUT2D eigenvalue weighted by Gasteiger charge is 2.57. The molecule has 1 aliphatic carbocycles. The molecule has 38 heavy (non-hydrogen) atoms. The van der Waals surface area contributed by atoms with Gasteiger partial charge in [-0.3, -0.25) is 19.5 Å². The van der Waals surface area contributed by atoms with Crippen LogP contribution in [0.2, 0.25) is 0 Å². The molecule has 1 atom stereocenters. The molecule has 0 aromatic heterocycles. The standard InChI is InChI=1S/C29H25F3N4O2/c1-34-23(13-15-33)19-8-10-22-18(16-19)12-14-28(22)26(37)35(2)24-11-9-20(29(30,31)32)17-25(24)36(27(28)38)21-6-4-3-5-7-21/h3-11,15-17,33H,12-14H2,1-2H3. The Hall–Kier alpha value is -4.27. The number of fused-ring (bicyclic) bond motifs is 3. The van der Waals surface area contributed by atoms with Gasteiger partial charge in [-0.05, 0) is 65.9 Å². The van der Waals surface area contributed by atoms with E-state index in [1.807, 2.05) is 6.07 Å². The zero-order valence-electron chi connectivity index (χ0n) is 20.8. The number of carbonyl (C=O) groups excluding carboxylic acids is 2. The van der Waals surface area contributed by atoms with Gasteiger partial charge in [0.25, 0.3) is 5.91 Å². The molecular formula is C29H25F3N4O2. The van der Waals surface area contributed by atoms with Crippen LogP contribution in [0, 0.1) is 5.41 Å². The fourth-order valence-corrected chi connectivity index (χ4v) is 5.52. The largest absolute Gasteiger partial charge is 0.416 e. The first kappa shape index (κ1) is 25.4. The number of alkyl halides is 3. The van der Waals surface area contributed by atoms with Crippen molar-refractivity contribution in [3.8, 4) is 0 Å². The van der Waals surface area contributed by atoms with Crippen LogP contribution in [0.5, 0.6) is 0 Å². The summed E-state index contributed by atoms with van der Waals surface area (Å²) in [5.74, 6) is -1.08. The third-order valence-corrected chi connectivity index (χ3v) is 7.39. The van der Waals surface area contributed by atoms with Crippen LogP contribution in [-0.4, -0.2) is 37.8 Å². The van der Waals surface area contributed by atoms with E-state index in [9.17, 15) is 22.8 Å². The number of nitrogens with one attached hydrogen (secondary N) is 1. The molecule has 5 rings (SSSR count). The van der Waals surface area contributed by atoms with Crippen LogP contribution >= 0.6 is 0 Å². The van der Waals surface area contributed by atoms with Gasteiger partial charge < -0.3 is 10.3 Å². The van der Waals surface area contributed by atoms with Crippen molar-refractivity contribution in [2.24, 2.45) is 4.99 Å². The van der Waals surface area contributed by atoms with Gasteiger partial charge in [0.1, 0.15) is 0 Å². The Bertz CT molecular complexity index is 1480.